The van der Waals surface area contributed by atoms with Crippen molar-refractivity contribution in [3.05, 3.63) is 18.0 Å². The molecule has 1 aromatic heterocycles. The number of primary amides is 1. The Bertz CT molecular complexity index is 635. The van der Waals surface area contributed by atoms with Crippen molar-refractivity contribution >= 4 is 11.8 Å². The van der Waals surface area contributed by atoms with Crippen LogP contribution >= 0.6 is 0 Å². The van der Waals surface area contributed by atoms with Crippen LogP contribution in [0.1, 0.15) is 49.4 Å². The summed E-state index contributed by atoms with van der Waals surface area (Å²) in [5, 5.41) is 4.21. The van der Waals surface area contributed by atoms with Gasteiger partial charge in [0.05, 0.1) is 17.3 Å². The number of hydrogen-bond donors (Lipinski definition) is 1. The van der Waals surface area contributed by atoms with Gasteiger partial charge in [-0.2, -0.15) is 5.10 Å². The molecule has 1 aromatic rings. The Morgan fingerprint density at radius 2 is 2.00 bits per heavy atom. The standard InChI is InChI=1S/C18H29N5O2/c1-18(7-3-4-8-21(18)2)17(25)22-9-5-14(6-10-22)12-23-13-15(11-20-23)16(19)24/h11,13-14H,3-10,12H2,1-2H3,(H2,19,24)/t18-/m1/s1. The number of nitrogens with zero attached hydrogens (tertiary/aromatic N) is 4. The zero-order valence-electron chi connectivity index (χ0n) is 15.3. The van der Waals surface area contributed by atoms with Gasteiger partial charge in [-0.1, -0.05) is 0 Å². The SMILES string of the molecule is CN1CCCC[C@]1(C)C(=O)N1CCC(Cn2cc(C(N)=O)cn2)CC1. The van der Waals surface area contributed by atoms with Crippen LogP contribution in [0.5, 0.6) is 0 Å². The van der Waals surface area contributed by atoms with E-state index in [2.05, 4.69) is 24.0 Å². The van der Waals surface area contributed by atoms with E-state index in [1.165, 1.54) is 12.6 Å². The Labute approximate surface area is 149 Å². The highest BCUT2D eigenvalue weighted by Crippen LogP contribution is 2.30. The molecule has 7 heteroatoms. The Balaban J connectivity index is 1.54. The number of aromatic nitrogens is 2. The molecule has 0 radical (unpaired) electrons. The second-order valence-corrected chi connectivity index (χ2v) is 7.70. The molecule has 2 aliphatic heterocycles. The summed E-state index contributed by atoms with van der Waals surface area (Å²) in [6, 6.07) is 0. The summed E-state index contributed by atoms with van der Waals surface area (Å²) < 4.78 is 1.79. The van der Waals surface area contributed by atoms with Gasteiger partial charge < -0.3 is 10.6 Å². The molecular formula is C18H29N5O2. The first kappa shape index (κ1) is 17.9. The molecule has 138 valence electrons. The van der Waals surface area contributed by atoms with Gasteiger partial charge in [-0.25, -0.2) is 0 Å². The third-order valence-corrected chi connectivity index (χ3v) is 5.98. The maximum absolute atomic E-state index is 13.0. The lowest BCUT2D eigenvalue weighted by molar-refractivity contribution is -0.146. The van der Waals surface area contributed by atoms with Crippen molar-refractivity contribution < 1.29 is 9.59 Å². The van der Waals surface area contributed by atoms with Crippen molar-refractivity contribution in [2.45, 2.75) is 51.1 Å². The first-order valence-corrected chi connectivity index (χ1v) is 9.23. The van der Waals surface area contributed by atoms with Gasteiger partial charge >= 0.3 is 0 Å². The predicted octanol–water partition coefficient (Wildman–Crippen LogP) is 1.10. The van der Waals surface area contributed by atoms with Crippen LogP contribution in [0.2, 0.25) is 0 Å². The Hall–Kier alpha value is -1.89. The molecule has 2 aliphatic rings. The number of rotatable bonds is 4. The molecule has 2 saturated heterocycles. The van der Waals surface area contributed by atoms with Gasteiger partial charge in [0.1, 0.15) is 0 Å². The monoisotopic (exact) mass is 347 g/mol. The lowest BCUT2D eigenvalue weighted by Crippen LogP contribution is -2.59. The number of carbonyl (C=O) groups excluding carboxylic acids is 2. The summed E-state index contributed by atoms with van der Waals surface area (Å²) >= 11 is 0. The molecule has 0 saturated carbocycles. The summed E-state index contributed by atoms with van der Waals surface area (Å²) in [7, 11) is 2.07. The van der Waals surface area contributed by atoms with E-state index in [9.17, 15) is 9.59 Å². The van der Waals surface area contributed by atoms with Crippen LogP contribution in [-0.2, 0) is 11.3 Å². The Morgan fingerprint density at radius 3 is 2.60 bits per heavy atom. The van der Waals surface area contributed by atoms with E-state index in [0.717, 1.165) is 51.9 Å². The van der Waals surface area contributed by atoms with Crippen LogP contribution in [0, 0.1) is 5.92 Å². The van der Waals surface area contributed by atoms with Crippen LogP contribution < -0.4 is 5.73 Å². The number of amides is 2. The average molecular weight is 347 g/mol. The molecule has 3 rings (SSSR count). The van der Waals surface area contributed by atoms with Gasteiger partial charge in [0.15, 0.2) is 0 Å². The van der Waals surface area contributed by atoms with Crippen LogP contribution in [0.15, 0.2) is 12.4 Å². The van der Waals surface area contributed by atoms with Gasteiger partial charge in [0, 0.05) is 25.8 Å². The number of carbonyl (C=O) groups is 2. The van der Waals surface area contributed by atoms with Crippen LogP contribution in [0.3, 0.4) is 0 Å². The molecule has 2 N–H and O–H groups in total. The molecular weight excluding hydrogens is 318 g/mol. The maximum atomic E-state index is 13.0. The zero-order chi connectivity index (χ0) is 18.0. The van der Waals surface area contributed by atoms with Gasteiger partial charge in [0.2, 0.25) is 5.91 Å². The largest absolute Gasteiger partial charge is 0.366 e. The quantitative estimate of drug-likeness (QED) is 0.884. The summed E-state index contributed by atoms with van der Waals surface area (Å²) in [5.41, 5.74) is 5.37. The predicted molar refractivity (Wildman–Crippen MR) is 94.9 cm³/mol. The van der Waals surface area contributed by atoms with Crippen LogP contribution in [-0.4, -0.2) is 63.6 Å². The molecule has 2 fully saturated rings. The Morgan fingerprint density at radius 1 is 1.28 bits per heavy atom. The number of likely N-dealkylation sites (N-methyl/N-ethyl adjacent to an activating group) is 1. The molecule has 2 amide bonds. The summed E-state index contributed by atoms with van der Waals surface area (Å²) in [4.78, 5) is 28.5. The molecule has 7 nitrogen and oxygen atoms in total. The van der Waals surface area contributed by atoms with Crippen molar-refractivity contribution in [2.24, 2.45) is 11.7 Å². The summed E-state index contributed by atoms with van der Waals surface area (Å²) in [6.07, 6.45) is 8.42. The third-order valence-electron chi connectivity index (χ3n) is 5.98. The summed E-state index contributed by atoms with van der Waals surface area (Å²) in [6.45, 7) is 5.47. The lowest BCUT2D eigenvalue weighted by atomic mass is 9.86. The number of piperidine rings is 2. The fourth-order valence-corrected chi connectivity index (χ4v) is 4.04. The first-order chi connectivity index (χ1) is 11.9. The van der Waals surface area contributed by atoms with E-state index in [-0.39, 0.29) is 11.4 Å². The van der Waals surface area contributed by atoms with Crippen LogP contribution in [0.25, 0.3) is 0 Å². The lowest BCUT2D eigenvalue weighted by Gasteiger charge is -2.45. The highest BCUT2D eigenvalue weighted by Gasteiger charge is 2.42. The van der Waals surface area contributed by atoms with E-state index in [4.69, 9.17) is 5.73 Å². The molecule has 0 bridgehead atoms. The van der Waals surface area contributed by atoms with Crippen molar-refractivity contribution in [2.75, 3.05) is 26.7 Å². The van der Waals surface area contributed by atoms with Crippen molar-refractivity contribution in [1.82, 2.24) is 19.6 Å². The van der Waals surface area contributed by atoms with Gasteiger partial charge in [-0.15, -0.1) is 0 Å². The molecule has 0 aliphatic carbocycles. The highest BCUT2D eigenvalue weighted by atomic mass is 16.2. The van der Waals surface area contributed by atoms with Gasteiger partial charge in [-0.05, 0) is 58.5 Å². The fraction of sp³-hybridized carbons (Fsp3) is 0.722. The Kier molecular flexibility index (Phi) is 5.13. The molecule has 0 spiro atoms. The third kappa shape index (κ3) is 3.71. The molecule has 0 aromatic carbocycles. The zero-order valence-corrected chi connectivity index (χ0v) is 15.3. The molecule has 0 unspecified atom stereocenters. The molecule has 25 heavy (non-hydrogen) atoms. The average Bonchev–Trinajstić information content (AvgIpc) is 3.06. The van der Waals surface area contributed by atoms with E-state index in [1.54, 1.807) is 10.9 Å². The van der Waals surface area contributed by atoms with Crippen molar-refractivity contribution in [1.29, 1.82) is 0 Å². The number of nitrogens with two attached hydrogens (primary N) is 1. The first-order valence-electron chi connectivity index (χ1n) is 9.23. The smallest absolute Gasteiger partial charge is 0.251 e. The summed E-state index contributed by atoms with van der Waals surface area (Å²) in [5.74, 6) is 0.307. The topological polar surface area (TPSA) is 84.5 Å². The van der Waals surface area contributed by atoms with Crippen molar-refractivity contribution in [3.8, 4) is 0 Å². The van der Waals surface area contributed by atoms with E-state index >= 15 is 0 Å². The highest BCUT2D eigenvalue weighted by molar-refractivity contribution is 5.92. The van der Waals surface area contributed by atoms with Gasteiger partial charge in [-0.3, -0.25) is 19.2 Å². The van der Waals surface area contributed by atoms with Crippen LogP contribution in [0.4, 0.5) is 0 Å². The van der Waals surface area contributed by atoms with E-state index < -0.39 is 5.91 Å². The number of hydrogen-bond acceptors (Lipinski definition) is 4. The second-order valence-electron chi connectivity index (χ2n) is 7.70. The maximum Gasteiger partial charge on any atom is 0.251 e. The normalized spacial score (nSPS) is 25.9. The minimum Gasteiger partial charge on any atom is -0.366 e. The number of likely N-dealkylation sites (tertiary alicyclic amines) is 2. The second kappa shape index (κ2) is 7.15. The van der Waals surface area contributed by atoms with E-state index in [1.807, 2.05) is 4.90 Å². The fourth-order valence-electron chi connectivity index (χ4n) is 4.04. The minimum absolute atomic E-state index is 0.281. The van der Waals surface area contributed by atoms with Crippen molar-refractivity contribution in [3.63, 3.8) is 0 Å². The molecule has 3 heterocycles. The van der Waals surface area contributed by atoms with Gasteiger partial charge in [0.25, 0.3) is 5.91 Å². The minimum atomic E-state index is -0.448. The van der Waals surface area contributed by atoms with E-state index in [0.29, 0.717) is 11.5 Å². The molecule has 1 atom stereocenters.